The molecule has 33 heavy (non-hydrogen) atoms. The van der Waals surface area contributed by atoms with Crippen molar-refractivity contribution in [3.63, 3.8) is 0 Å². The number of hydrogen-bond donors (Lipinski definition) is 3. The maximum Gasteiger partial charge on any atom is 0.315 e. The Morgan fingerprint density at radius 1 is 0.848 bits per heavy atom. The number of benzene rings is 3. The zero-order chi connectivity index (χ0) is 23.5. The molecule has 0 bridgehead atoms. The largest absolute Gasteiger partial charge is 0.399 e. The van der Waals surface area contributed by atoms with Crippen molar-refractivity contribution in [1.29, 1.82) is 0 Å². The lowest BCUT2D eigenvalue weighted by Crippen LogP contribution is -2.48. The highest BCUT2D eigenvalue weighted by Crippen LogP contribution is 2.29. The van der Waals surface area contributed by atoms with Gasteiger partial charge < -0.3 is 16.4 Å². The van der Waals surface area contributed by atoms with Gasteiger partial charge in [0, 0.05) is 29.8 Å². The molecule has 4 rings (SSSR count). The van der Waals surface area contributed by atoms with Gasteiger partial charge in [-0.2, -0.15) is 0 Å². The summed E-state index contributed by atoms with van der Waals surface area (Å²) in [5.41, 5.74) is 8.19. The lowest BCUT2D eigenvalue weighted by Gasteiger charge is -2.30. The number of halogens is 1. The second kappa shape index (κ2) is 12.5. The molecule has 3 aromatic carbocycles. The van der Waals surface area contributed by atoms with Gasteiger partial charge in [0.1, 0.15) is 6.54 Å². The van der Waals surface area contributed by atoms with Crippen molar-refractivity contribution in [3.8, 4) is 0 Å². The number of nitrogens with two attached hydrogens (primary N) is 1. The number of rotatable bonds is 5. The van der Waals surface area contributed by atoms with Crippen LogP contribution < -0.4 is 21.4 Å². The van der Waals surface area contributed by atoms with Gasteiger partial charge in [0.15, 0.2) is 0 Å². The third kappa shape index (κ3) is 7.54. The third-order valence-corrected chi connectivity index (χ3v) is 5.62. The van der Waals surface area contributed by atoms with Crippen molar-refractivity contribution in [2.45, 2.75) is 13.0 Å². The van der Waals surface area contributed by atoms with E-state index in [9.17, 15) is 9.59 Å². The van der Waals surface area contributed by atoms with Crippen LogP contribution in [0.1, 0.15) is 12.0 Å². The van der Waals surface area contributed by atoms with E-state index in [2.05, 4.69) is 26.6 Å². The first kappa shape index (κ1) is 24.1. The maximum atomic E-state index is 12.6. The van der Waals surface area contributed by atoms with Crippen molar-refractivity contribution < 1.29 is 9.59 Å². The standard InChI is InChI=1S/C19H22BrN5O2.C6H6/c20-16-4-1-2-5-17(16)24-10-3-11-25(24)18(26)13-23-19(27)22-12-14-6-8-15(21)9-7-14;1-2-4-6-5-3-1/h1-2,4-9H,3,10-13,21H2,(H2,22,23,27);1-6H. The number of carbonyl (C=O) groups excluding carboxylic acids is 2. The van der Waals surface area contributed by atoms with E-state index < -0.39 is 0 Å². The van der Waals surface area contributed by atoms with Crippen LogP contribution in [0.15, 0.2) is 89.4 Å². The van der Waals surface area contributed by atoms with E-state index in [0.717, 1.165) is 28.7 Å². The van der Waals surface area contributed by atoms with Gasteiger partial charge in [-0.25, -0.2) is 4.79 Å². The highest BCUT2D eigenvalue weighted by molar-refractivity contribution is 9.10. The summed E-state index contributed by atoms with van der Waals surface area (Å²) in [6.45, 7) is 1.70. The number of nitrogens with one attached hydrogen (secondary N) is 2. The molecular weight excluding hydrogens is 482 g/mol. The summed E-state index contributed by atoms with van der Waals surface area (Å²) in [5.74, 6) is -0.147. The molecule has 1 aliphatic heterocycles. The van der Waals surface area contributed by atoms with Crippen molar-refractivity contribution in [3.05, 3.63) is 95.0 Å². The number of anilines is 2. The van der Waals surface area contributed by atoms with Crippen molar-refractivity contribution in [1.82, 2.24) is 15.6 Å². The van der Waals surface area contributed by atoms with E-state index in [-0.39, 0.29) is 18.5 Å². The Morgan fingerprint density at radius 2 is 1.48 bits per heavy atom. The zero-order valence-corrected chi connectivity index (χ0v) is 19.9. The molecule has 0 aliphatic carbocycles. The quantitative estimate of drug-likeness (QED) is 0.450. The molecule has 1 heterocycles. The monoisotopic (exact) mass is 509 g/mol. The fourth-order valence-corrected chi connectivity index (χ4v) is 3.78. The predicted molar refractivity (Wildman–Crippen MR) is 135 cm³/mol. The Kier molecular flexibility index (Phi) is 9.14. The fraction of sp³-hybridized carbons (Fsp3) is 0.200. The fourth-order valence-electron chi connectivity index (χ4n) is 3.29. The Balaban J connectivity index is 0.000000442. The van der Waals surface area contributed by atoms with Gasteiger partial charge >= 0.3 is 6.03 Å². The zero-order valence-electron chi connectivity index (χ0n) is 18.3. The Bertz CT molecular complexity index is 1000. The number of nitrogen functional groups attached to an aromatic ring is 1. The van der Waals surface area contributed by atoms with E-state index >= 15 is 0 Å². The van der Waals surface area contributed by atoms with Crippen LogP contribution in [0.4, 0.5) is 16.2 Å². The van der Waals surface area contributed by atoms with Gasteiger partial charge in [-0.3, -0.25) is 14.8 Å². The van der Waals surface area contributed by atoms with E-state index in [0.29, 0.717) is 18.8 Å². The molecule has 7 nitrogen and oxygen atoms in total. The number of hydrazine groups is 1. The Labute approximate surface area is 202 Å². The molecule has 8 heteroatoms. The van der Waals surface area contributed by atoms with Crippen molar-refractivity contribution in [2.24, 2.45) is 0 Å². The number of hydrogen-bond acceptors (Lipinski definition) is 4. The molecule has 1 fully saturated rings. The van der Waals surface area contributed by atoms with Crippen molar-refractivity contribution >= 4 is 39.2 Å². The molecule has 172 valence electrons. The number of nitrogens with zero attached hydrogens (tertiary/aromatic N) is 2. The maximum absolute atomic E-state index is 12.6. The molecule has 0 radical (unpaired) electrons. The first-order chi connectivity index (χ1) is 16.0. The lowest BCUT2D eigenvalue weighted by molar-refractivity contribution is -0.129. The molecule has 0 unspecified atom stereocenters. The summed E-state index contributed by atoms with van der Waals surface area (Å²) in [6, 6.07) is 26.6. The molecule has 3 aromatic rings. The normalized spacial score (nSPS) is 12.5. The van der Waals surface area contributed by atoms with Gasteiger partial charge in [-0.1, -0.05) is 60.7 Å². The number of urea groups is 1. The minimum absolute atomic E-state index is 0.0610. The van der Waals surface area contributed by atoms with E-state index in [1.807, 2.05) is 77.8 Å². The summed E-state index contributed by atoms with van der Waals surface area (Å²) in [4.78, 5) is 24.5. The van der Waals surface area contributed by atoms with Gasteiger partial charge in [0.25, 0.3) is 5.91 Å². The van der Waals surface area contributed by atoms with Crippen LogP contribution in [0.5, 0.6) is 0 Å². The molecule has 0 atom stereocenters. The highest BCUT2D eigenvalue weighted by atomic mass is 79.9. The van der Waals surface area contributed by atoms with Crippen molar-refractivity contribution in [2.75, 3.05) is 30.4 Å². The summed E-state index contributed by atoms with van der Waals surface area (Å²) < 4.78 is 0.930. The summed E-state index contributed by atoms with van der Waals surface area (Å²) in [7, 11) is 0. The Morgan fingerprint density at radius 3 is 2.12 bits per heavy atom. The molecule has 0 saturated carbocycles. The lowest BCUT2D eigenvalue weighted by atomic mass is 10.2. The van der Waals surface area contributed by atoms with E-state index in [4.69, 9.17) is 5.73 Å². The van der Waals surface area contributed by atoms with Crippen LogP contribution in [0.3, 0.4) is 0 Å². The van der Waals surface area contributed by atoms with Crippen LogP contribution in [0.2, 0.25) is 0 Å². The summed E-state index contributed by atoms with van der Waals surface area (Å²) in [5, 5.41) is 8.98. The average molecular weight is 510 g/mol. The third-order valence-electron chi connectivity index (χ3n) is 4.95. The van der Waals surface area contributed by atoms with Gasteiger partial charge in [-0.05, 0) is 52.2 Å². The minimum Gasteiger partial charge on any atom is -0.399 e. The smallest absolute Gasteiger partial charge is 0.315 e. The van der Waals surface area contributed by atoms with Crippen LogP contribution in [0.25, 0.3) is 0 Å². The summed E-state index contributed by atoms with van der Waals surface area (Å²) in [6.07, 6.45) is 0.885. The number of para-hydroxylation sites is 1. The molecular formula is C25H28BrN5O2. The second-order valence-electron chi connectivity index (χ2n) is 7.38. The first-order valence-corrected chi connectivity index (χ1v) is 11.5. The van der Waals surface area contributed by atoms with Crippen LogP contribution in [-0.2, 0) is 11.3 Å². The Hall–Kier alpha value is -3.52. The minimum atomic E-state index is -0.383. The molecule has 0 spiro atoms. The second-order valence-corrected chi connectivity index (χ2v) is 8.23. The molecule has 1 aliphatic rings. The van der Waals surface area contributed by atoms with E-state index in [1.54, 1.807) is 17.1 Å². The van der Waals surface area contributed by atoms with Gasteiger partial charge in [-0.15, -0.1) is 0 Å². The van der Waals surface area contributed by atoms with Crippen LogP contribution in [0, 0.1) is 0 Å². The predicted octanol–water partition coefficient (Wildman–Crippen LogP) is 4.17. The summed E-state index contributed by atoms with van der Waals surface area (Å²) >= 11 is 3.53. The highest BCUT2D eigenvalue weighted by Gasteiger charge is 2.28. The SMILES string of the molecule is Nc1ccc(CNC(=O)NCC(=O)N2CCCN2c2ccccc2Br)cc1.c1ccccc1. The first-order valence-electron chi connectivity index (χ1n) is 10.7. The molecule has 0 aromatic heterocycles. The average Bonchev–Trinajstić information content (AvgIpc) is 3.34. The van der Waals surface area contributed by atoms with Gasteiger partial charge in [0.05, 0.1) is 5.69 Å². The molecule has 3 amide bonds. The number of carbonyl (C=O) groups is 2. The number of amides is 3. The van der Waals surface area contributed by atoms with E-state index in [1.165, 1.54) is 0 Å². The topological polar surface area (TPSA) is 90.7 Å². The van der Waals surface area contributed by atoms with Crippen LogP contribution >= 0.6 is 15.9 Å². The molecule has 4 N–H and O–H groups in total. The van der Waals surface area contributed by atoms with Gasteiger partial charge in [0.2, 0.25) is 0 Å². The molecule has 1 saturated heterocycles. The van der Waals surface area contributed by atoms with Crippen LogP contribution in [-0.4, -0.2) is 36.6 Å².